The number of nitrogens with one attached hydrogen (secondary N) is 1. The Bertz CT molecular complexity index is 450. The van der Waals surface area contributed by atoms with Gasteiger partial charge in [0.1, 0.15) is 12.4 Å². The van der Waals surface area contributed by atoms with Crippen LogP contribution >= 0.6 is 15.9 Å². The van der Waals surface area contributed by atoms with E-state index in [0.717, 1.165) is 23.2 Å². The summed E-state index contributed by atoms with van der Waals surface area (Å²) < 4.78 is 11.8. The Hall–Kier alpha value is -1.27. The van der Waals surface area contributed by atoms with Gasteiger partial charge in [0.25, 0.3) is 0 Å². The Morgan fingerprint density at radius 1 is 1.60 bits per heavy atom. The number of carbonyl (C=O) groups excluding carboxylic acids is 1. The summed E-state index contributed by atoms with van der Waals surface area (Å²) in [5.74, 6) is 0.783. The highest BCUT2D eigenvalue weighted by atomic mass is 79.9. The quantitative estimate of drug-likeness (QED) is 0.835. The van der Waals surface area contributed by atoms with Crippen LogP contribution < -0.4 is 10.1 Å². The van der Waals surface area contributed by atoms with Crippen LogP contribution in [0.2, 0.25) is 0 Å². The highest BCUT2D eigenvalue weighted by Gasteiger charge is 2.23. The SMILES string of the molecule is CN(C(=O)NCCOc1cccc(Br)c1)[C@H]1CCOC1. The molecule has 1 atom stereocenters. The number of urea groups is 1. The molecule has 0 radical (unpaired) electrons. The summed E-state index contributed by atoms with van der Waals surface area (Å²) in [6, 6.07) is 7.72. The van der Waals surface area contributed by atoms with Gasteiger partial charge >= 0.3 is 6.03 Å². The van der Waals surface area contributed by atoms with Crippen molar-refractivity contribution in [2.24, 2.45) is 0 Å². The van der Waals surface area contributed by atoms with E-state index in [4.69, 9.17) is 9.47 Å². The number of likely N-dealkylation sites (N-methyl/N-ethyl adjacent to an activating group) is 1. The number of halogens is 1. The fraction of sp³-hybridized carbons (Fsp3) is 0.500. The minimum absolute atomic E-state index is 0.0849. The van der Waals surface area contributed by atoms with Crippen LogP contribution in [0.1, 0.15) is 6.42 Å². The summed E-state index contributed by atoms with van der Waals surface area (Å²) in [5, 5.41) is 2.84. The molecule has 5 nitrogen and oxygen atoms in total. The molecule has 2 amide bonds. The lowest BCUT2D eigenvalue weighted by molar-refractivity contribution is 0.157. The largest absolute Gasteiger partial charge is 0.492 e. The molecule has 0 spiro atoms. The first kappa shape index (κ1) is 15.1. The van der Waals surface area contributed by atoms with Crippen LogP contribution in [0, 0.1) is 0 Å². The summed E-state index contributed by atoms with van der Waals surface area (Å²) >= 11 is 3.38. The normalized spacial score (nSPS) is 17.8. The standard InChI is InChI=1S/C14H19BrN2O3/c1-17(12-5-7-19-10-12)14(18)16-6-8-20-13-4-2-3-11(15)9-13/h2-4,9,12H,5-8,10H2,1H3,(H,16,18)/t12-/m0/s1. The maximum absolute atomic E-state index is 11.9. The molecule has 0 aliphatic carbocycles. The molecule has 1 fully saturated rings. The van der Waals surface area contributed by atoms with Gasteiger partial charge in [0.15, 0.2) is 0 Å². The fourth-order valence-corrected chi connectivity index (χ4v) is 2.38. The molecule has 1 heterocycles. The third-order valence-corrected chi connectivity index (χ3v) is 3.71. The number of amides is 2. The average molecular weight is 343 g/mol. The summed E-state index contributed by atoms with van der Waals surface area (Å²) in [7, 11) is 1.80. The number of carbonyl (C=O) groups is 1. The summed E-state index contributed by atoms with van der Waals surface area (Å²) in [4.78, 5) is 13.6. The van der Waals surface area contributed by atoms with Gasteiger partial charge < -0.3 is 19.7 Å². The van der Waals surface area contributed by atoms with Crippen LogP contribution in [-0.2, 0) is 4.74 Å². The van der Waals surface area contributed by atoms with Crippen molar-refractivity contribution < 1.29 is 14.3 Å². The molecule has 0 saturated carbocycles. The lowest BCUT2D eigenvalue weighted by atomic mass is 10.2. The molecule has 1 aromatic rings. The molecule has 0 aromatic heterocycles. The Balaban J connectivity index is 1.66. The van der Waals surface area contributed by atoms with E-state index in [1.165, 1.54) is 0 Å². The molecular weight excluding hydrogens is 324 g/mol. The maximum atomic E-state index is 11.9. The van der Waals surface area contributed by atoms with Crippen LogP contribution in [0.4, 0.5) is 4.79 Å². The molecule has 0 bridgehead atoms. The number of hydrogen-bond acceptors (Lipinski definition) is 3. The van der Waals surface area contributed by atoms with Crippen molar-refractivity contribution >= 4 is 22.0 Å². The van der Waals surface area contributed by atoms with Gasteiger partial charge in [0.2, 0.25) is 0 Å². The smallest absolute Gasteiger partial charge is 0.317 e. The second-order valence-corrected chi connectivity index (χ2v) is 5.58. The van der Waals surface area contributed by atoms with Crippen molar-refractivity contribution in [1.29, 1.82) is 0 Å². The van der Waals surface area contributed by atoms with E-state index in [0.29, 0.717) is 19.8 Å². The van der Waals surface area contributed by atoms with Crippen molar-refractivity contribution in [2.75, 3.05) is 33.4 Å². The van der Waals surface area contributed by atoms with Gasteiger partial charge in [0, 0.05) is 18.1 Å². The van der Waals surface area contributed by atoms with Gasteiger partial charge in [0.05, 0.1) is 19.2 Å². The number of ether oxygens (including phenoxy) is 2. The predicted octanol–water partition coefficient (Wildman–Crippen LogP) is 2.26. The van der Waals surface area contributed by atoms with Crippen molar-refractivity contribution in [3.05, 3.63) is 28.7 Å². The minimum atomic E-state index is -0.0849. The zero-order valence-electron chi connectivity index (χ0n) is 11.5. The van der Waals surface area contributed by atoms with Crippen LogP contribution in [0.15, 0.2) is 28.7 Å². The maximum Gasteiger partial charge on any atom is 0.317 e. The third-order valence-electron chi connectivity index (χ3n) is 3.22. The van der Waals surface area contributed by atoms with Gasteiger partial charge in [-0.05, 0) is 24.6 Å². The Labute approximate surface area is 127 Å². The van der Waals surface area contributed by atoms with Gasteiger partial charge in [-0.1, -0.05) is 22.0 Å². The second-order valence-electron chi connectivity index (χ2n) is 4.67. The molecule has 1 N–H and O–H groups in total. The Morgan fingerprint density at radius 2 is 2.45 bits per heavy atom. The predicted molar refractivity (Wildman–Crippen MR) is 80.0 cm³/mol. The molecule has 2 rings (SSSR count). The van der Waals surface area contributed by atoms with Crippen LogP contribution in [0.25, 0.3) is 0 Å². The summed E-state index contributed by atoms with van der Waals surface area (Å²) in [5.41, 5.74) is 0. The molecule has 1 saturated heterocycles. The zero-order valence-corrected chi connectivity index (χ0v) is 13.1. The van der Waals surface area contributed by atoms with E-state index >= 15 is 0 Å². The van der Waals surface area contributed by atoms with Gasteiger partial charge in [-0.25, -0.2) is 4.79 Å². The molecule has 20 heavy (non-hydrogen) atoms. The molecule has 6 heteroatoms. The van der Waals surface area contributed by atoms with E-state index in [-0.39, 0.29) is 12.1 Å². The first-order valence-corrected chi connectivity index (χ1v) is 7.43. The Morgan fingerprint density at radius 3 is 3.15 bits per heavy atom. The van der Waals surface area contributed by atoms with Crippen LogP contribution in [0.3, 0.4) is 0 Å². The lowest BCUT2D eigenvalue weighted by Gasteiger charge is -2.23. The number of nitrogens with zero attached hydrogens (tertiary/aromatic N) is 1. The van der Waals surface area contributed by atoms with Gasteiger partial charge in [-0.2, -0.15) is 0 Å². The molecule has 110 valence electrons. The number of rotatable bonds is 5. The van der Waals surface area contributed by atoms with Crippen molar-refractivity contribution in [3.63, 3.8) is 0 Å². The first-order chi connectivity index (χ1) is 9.66. The third kappa shape index (κ3) is 4.38. The van der Waals surface area contributed by atoms with Gasteiger partial charge in [-0.3, -0.25) is 0 Å². The Kier molecular flexibility index (Phi) is 5.67. The van der Waals surface area contributed by atoms with Crippen LogP contribution in [-0.4, -0.2) is 50.4 Å². The highest BCUT2D eigenvalue weighted by Crippen LogP contribution is 2.17. The van der Waals surface area contributed by atoms with Crippen LogP contribution in [0.5, 0.6) is 5.75 Å². The monoisotopic (exact) mass is 342 g/mol. The van der Waals surface area contributed by atoms with Gasteiger partial charge in [-0.15, -0.1) is 0 Å². The molecule has 0 unspecified atom stereocenters. The molecule has 1 aliphatic heterocycles. The average Bonchev–Trinajstić information content (AvgIpc) is 2.96. The zero-order chi connectivity index (χ0) is 14.4. The molecule has 1 aliphatic rings. The number of hydrogen-bond donors (Lipinski definition) is 1. The van der Waals surface area contributed by atoms with E-state index in [2.05, 4.69) is 21.2 Å². The number of benzene rings is 1. The van der Waals surface area contributed by atoms with Crippen molar-refractivity contribution in [1.82, 2.24) is 10.2 Å². The molecule has 1 aromatic carbocycles. The highest BCUT2D eigenvalue weighted by molar-refractivity contribution is 9.10. The van der Waals surface area contributed by atoms with Crippen molar-refractivity contribution in [3.8, 4) is 5.75 Å². The lowest BCUT2D eigenvalue weighted by Crippen LogP contribution is -2.44. The van der Waals surface area contributed by atoms with E-state index in [1.54, 1.807) is 11.9 Å². The topological polar surface area (TPSA) is 50.8 Å². The van der Waals surface area contributed by atoms with Crippen molar-refractivity contribution in [2.45, 2.75) is 12.5 Å². The van der Waals surface area contributed by atoms with E-state index in [1.807, 2.05) is 24.3 Å². The molecular formula is C14H19BrN2O3. The van der Waals surface area contributed by atoms with E-state index < -0.39 is 0 Å². The second kappa shape index (κ2) is 7.50. The summed E-state index contributed by atoms with van der Waals surface area (Å²) in [6.45, 7) is 2.27. The summed E-state index contributed by atoms with van der Waals surface area (Å²) in [6.07, 6.45) is 0.901. The van der Waals surface area contributed by atoms with E-state index in [9.17, 15) is 4.79 Å². The first-order valence-electron chi connectivity index (χ1n) is 6.63. The minimum Gasteiger partial charge on any atom is -0.492 e. The fourth-order valence-electron chi connectivity index (χ4n) is 2.00.